The van der Waals surface area contributed by atoms with E-state index in [-0.39, 0.29) is 16.8 Å². The van der Waals surface area contributed by atoms with Crippen molar-refractivity contribution in [1.29, 1.82) is 0 Å². The van der Waals surface area contributed by atoms with Crippen LogP contribution < -0.4 is 5.32 Å². The van der Waals surface area contributed by atoms with Crippen molar-refractivity contribution in [3.8, 4) is 11.1 Å². The summed E-state index contributed by atoms with van der Waals surface area (Å²) in [6.07, 6.45) is -0.365. The van der Waals surface area contributed by atoms with Crippen molar-refractivity contribution in [2.45, 2.75) is 62.4 Å². The monoisotopic (exact) mass is 675 g/mol. The van der Waals surface area contributed by atoms with E-state index in [1.54, 1.807) is 36.9 Å². The molecular weight excluding hydrogens is 642 g/mol. The van der Waals surface area contributed by atoms with Crippen molar-refractivity contribution in [2.24, 2.45) is 0 Å². The number of hydrogen-bond acceptors (Lipinski definition) is 10. The minimum Gasteiger partial charge on any atom is -0.368 e. The van der Waals surface area contributed by atoms with Gasteiger partial charge < -0.3 is 19.5 Å². The van der Waals surface area contributed by atoms with E-state index in [4.69, 9.17) is 30.0 Å². The number of nitrogens with zero attached hydrogens (tertiary/aromatic N) is 4. The molecule has 2 aliphatic rings. The first-order valence-electron chi connectivity index (χ1n) is 15.3. The van der Waals surface area contributed by atoms with Crippen molar-refractivity contribution in [3.05, 3.63) is 102 Å². The third-order valence-electron chi connectivity index (χ3n) is 8.26. The van der Waals surface area contributed by atoms with E-state index >= 15 is 0 Å². The number of anilines is 1. The lowest BCUT2D eigenvalue weighted by Crippen LogP contribution is -2.33. The number of imidazole rings is 1. The number of aromatic nitrogens is 4. The van der Waals surface area contributed by atoms with Gasteiger partial charge >= 0.3 is 0 Å². The maximum atomic E-state index is 12.9. The molecule has 2 aromatic heterocycles. The third kappa shape index (κ3) is 6.62. The van der Waals surface area contributed by atoms with Crippen LogP contribution in [0.5, 0.6) is 0 Å². The summed E-state index contributed by atoms with van der Waals surface area (Å²) in [4.78, 5) is 13.5. The summed E-state index contributed by atoms with van der Waals surface area (Å²) in [6.45, 7) is 5.79. The third-order valence-corrected chi connectivity index (χ3v) is 9.72. The lowest BCUT2D eigenvalue weighted by molar-refractivity contribution is -0.198. The second-order valence-corrected chi connectivity index (χ2v) is 14.0. The Bertz CT molecular complexity index is 1990. The maximum Gasteiger partial charge on any atom is 0.297 e. The van der Waals surface area contributed by atoms with Crippen LogP contribution in [-0.4, -0.2) is 65.2 Å². The molecule has 0 spiro atoms. The van der Waals surface area contributed by atoms with E-state index in [9.17, 15) is 8.42 Å². The molecule has 0 unspecified atom stereocenters. The summed E-state index contributed by atoms with van der Waals surface area (Å²) in [5.41, 5.74) is 5.39. The van der Waals surface area contributed by atoms with Crippen LogP contribution in [0.1, 0.15) is 31.2 Å². The first-order valence-corrected chi connectivity index (χ1v) is 17.1. The molecule has 2 saturated heterocycles. The van der Waals surface area contributed by atoms with Crippen molar-refractivity contribution >= 4 is 38.7 Å². The Morgan fingerprint density at radius 1 is 0.936 bits per heavy atom. The Labute approximate surface area is 278 Å². The fourth-order valence-corrected chi connectivity index (χ4v) is 7.05. The zero-order valence-corrected chi connectivity index (χ0v) is 27.6. The Hall–Kier alpha value is -3.91. The number of halogens is 1. The van der Waals surface area contributed by atoms with Gasteiger partial charge in [-0.15, -0.1) is 0 Å². The highest BCUT2D eigenvalue weighted by atomic mass is 35.5. The van der Waals surface area contributed by atoms with Crippen molar-refractivity contribution in [3.63, 3.8) is 0 Å². The van der Waals surface area contributed by atoms with E-state index in [2.05, 4.69) is 56.7 Å². The van der Waals surface area contributed by atoms with Crippen LogP contribution in [0.15, 0.2) is 90.1 Å². The molecule has 7 rings (SSSR count). The number of fused-ring (bicyclic) bond motifs is 2. The molecule has 11 nitrogen and oxygen atoms in total. The Kier molecular flexibility index (Phi) is 8.49. The molecule has 47 heavy (non-hydrogen) atoms. The van der Waals surface area contributed by atoms with E-state index in [0.717, 1.165) is 17.5 Å². The molecule has 2 aliphatic heterocycles. The molecule has 0 amide bonds. The topological polar surface area (TPSA) is 127 Å². The molecule has 0 saturated carbocycles. The Morgan fingerprint density at radius 3 is 2.38 bits per heavy atom. The highest BCUT2D eigenvalue weighted by molar-refractivity contribution is 7.86. The number of aryl methyl sites for hydroxylation is 1. The number of benzene rings is 3. The van der Waals surface area contributed by atoms with E-state index in [1.165, 1.54) is 23.3 Å². The molecule has 1 N–H and O–H groups in total. The van der Waals surface area contributed by atoms with Crippen LogP contribution in [0.25, 0.3) is 22.3 Å². The lowest BCUT2D eigenvalue weighted by Gasteiger charge is -2.24. The average Bonchev–Trinajstić information content (AvgIpc) is 3.71. The van der Waals surface area contributed by atoms with Gasteiger partial charge in [-0.05, 0) is 67.6 Å². The second-order valence-electron chi connectivity index (χ2n) is 12.1. The second kappa shape index (κ2) is 12.6. The first-order chi connectivity index (χ1) is 22.6. The lowest BCUT2D eigenvalue weighted by atomic mass is 10.0. The number of hydrogen-bond donors (Lipinski definition) is 1. The van der Waals surface area contributed by atoms with Crippen LogP contribution in [0, 0.1) is 6.92 Å². The molecular formula is C34H34ClN5O6S. The minimum absolute atomic E-state index is 0.0384. The predicted octanol–water partition coefficient (Wildman–Crippen LogP) is 5.93. The van der Waals surface area contributed by atoms with Crippen LogP contribution in [0.3, 0.4) is 0 Å². The molecule has 4 atom stereocenters. The highest BCUT2D eigenvalue weighted by Gasteiger charge is 2.56. The van der Waals surface area contributed by atoms with Gasteiger partial charge in [0.15, 0.2) is 29.0 Å². The normalized spacial score (nSPS) is 22.0. The van der Waals surface area contributed by atoms with Crippen LogP contribution >= 0.6 is 11.6 Å². The molecule has 2 fully saturated rings. The molecule has 3 aromatic carbocycles. The van der Waals surface area contributed by atoms with Gasteiger partial charge in [0, 0.05) is 6.54 Å². The molecule has 0 radical (unpaired) electrons. The van der Waals surface area contributed by atoms with Gasteiger partial charge in [0.1, 0.15) is 18.3 Å². The quantitative estimate of drug-likeness (QED) is 0.141. The Morgan fingerprint density at radius 2 is 1.64 bits per heavy atom. The largest absolute Gasteiger partial charge is 0.368 e. The number of rotatable bonds is 10. The van der Waals surface area contributed by atoms with Gasteiger partial charge in [-0.3, -0.25) is 8.75 Å². The van der Waals surface area contributed by atoms with Gasteiger partial charge in [0.05, 0.1) is 17.8 Å². The van der Waals surface area contributed by atoms with Crippen molar-refractivity contribution in [1.82, 2.24) is 19.5 Å². The van der Waals surface area contributed by atoms with Gasteiger partial charge in [0.25, 0.3) is 10.1 Å². The zero-order chi connectivity index (χ0) is 32.8. The van der Waals surface area contributed by atoms with Crippen molar-refractivity contribution in [2.75, 3.05) is 18.5 Å². The zero-order valence-electron chi connectivity index (χ0n) is 26.0. The fraction of sp³-hybridized carbons (Fsp3) is 0.324. The summed E-state index contributed by atoms with van der Waals surface area (Å²) in [6, 6.07) is 25.2. The standard InChI is InChI=1S/C34H34ClN5O6S/c1-21-9-15-25(16-10-21)47(41,42)43-19-26-28-29(46-34(2,3)45-28)32(44-26)40-20-37-27-30(38-33(35)39-31(27)40)36-18-17-22-11-13-24(14-12-22)23-7-5-4-6-8-23/h4-16,20,26,28-29,32H,17-19H2,1-3H3,(H,36,38,39)/t26-,28-,29-,32-/m1/s1. The van der Waals surface area contributed by atoms with Gasteiger partial charge in [-0.1, -0.05) is 72.3 Å². The highest BCUT2D eigenvalue weighted by Crippen LogP contribution is 2.44. The van der Waals surface area contributed by atoms with Crippen LogP contribution in [0.2, 0.25) is 5.28 Å². The van der Waals surface area contributed by atoms with Crippen LogP contribution in [-0.2, 0) is 34.9 Å². The maximum absolute atomic E-state index is 12.9. The van der Waals surface area contributed by atoms with E-state index < -0.39 is 40.4 Å². The summed E-state index contributed by atoms with van der Waals surface area (Å²) in [5, 5.41) is 3.39. The molecule has 13 heteroatoms. The van der Waals surface area contributed by atoms with Gasteiger partial charge in [0.2, 0.25) is 5.28 Å². The van der Waals surface area contributed by atoms with E-state index in [0.29, 0.717) is 23.5 Å². The molecule has 5 aromatic rings. The summed E-state index contributed by atoms with van der Waals surface area (Å²) in [5.74, 6) is -0.442. The average molecular weight is 676 g/mol. The summed E-state index contributed by atoms with van der Waals surface area (Å²) >= 11 is 6.40. The van der Waals surface area contributed by atoms with Gasteiger partial charge in [-0.25, -0.2) is 4.98 Å². The first kappa shape index (κ1) is 31.7. The number of nitrogens with one attached hydrogen (secondary N) is 1. The van der Waals surface area contributed by atoms with Crippen molar-refractivity contribution < 1.29 is 26.8 Å². The van der Waals surface area contributed by atoms with Crippen LogP contribution in [0.4, 0.5) is 5.82 Å². The van der Waals surface area contributed by atoms with Gasteiger partial charge in [-0.2, -0.15) is 18.4 Å². The fourth-order valence-electron chi connectivity index (χ4n) is 5.97. The number of ether oxygens (including phenoxy) is 3. The summed E-state index contributed by atoms with van der Waals surface area (Å²) in [7, 11) is -4.03. The molecule has 4 heterocycles. The molecule has 0 aliphatic carbocycles. The molecule has 244 valence electrons. The molecule has 0 bridgehead atoms. The smallest absolute Gasteiger partial charge is 0.297 e. The minimum atomic E-state index is -4.03. The van der Waals surface area contributed by atoms with E-state index in [1.807, 2.05) is 25.1 Å². The Balaban J connectivity index is 1.07. The summed E-state index contributed by atoms with van der Waals surface area (Å²) < 4.78 is 51.8. The SMILES string of the molecule is Cc1ccc(S(=O)(=O)OC[C@H]2O[C@@H](n3cnc4c(NCCc5ccc(-c6ccccc6)cc5)nc(Cl)nc43)[C@@H]3OC(C)(C)O[C@@H]32)cc1. The predicted molar refractivity (Wildman–Crippen MR) is 176 cm³/mol.